The van der Waals surface area contributed by atoms with Crippen LogP contribution in [0.4, 0.5) is 0 Å². The Kier molecular flexibility index (Phi) is 4.35. The molecule has 0 bridgehead atoms. The maximum absolute atomic E-state index is 12.8. The molecule has 0 saturated carbocycles. The molecule has 1 aliphatic rings. The van der Waals surface area contributed by atoms with Gasteiger partial charge in [0.1, 0.15) is 12.1 Å². The molecule has 2 amide bonds. The van der Waals surface area contributed by atoms with E-state index in [0.29, 0.717) is 13.0 Å². The lowest BCUT2D eigenvalue weighted by atomic mass is 9.83. The number of nitrogens with zero attached hydrogens (tertiary/aromatic N) is 1. The van der Waals surface area contributed by atoms with Crippen molar-refractivity contribution in [3.63, 3.8) is 0 Å². The first kappa shape index (κ1) is 15.5. The normalized spacial score (nSPS) is 23.1. The highest BCUT2D eigenvalue weighted by molar-refractivity contribution is 5.97. The van der Waals surface area contributed by atoms with Crippen molar-refractivity contribution in [1.82, 2.24) is 10.2 Å². The molecule has 0 aromatic heterocycles. The molecule has 1 saturated heterocycles. The first-order chi connectivity index (χ1) is 9.84. The molecule has 1 aromatic carbocycles. The Hall–Kier alpha value is -1.84. The van der Waals surface area contributed by atoms with Gasteiger partial charge in [0.05, 0.1) is 0 Å². The van der Waals surface area contributed by atoms with Gasteiger partial charge in [0.2, 0.25) is 11.8 Å². The summed E-state index contributed by atoms with van der Waals surface area (Å²) in [6.07, 6.45) is 0.626. The fourth-order valence-corrected chi connectivity index (χ4v) is 2.72. The van der Waals surface area contributed by atoms with Gasteiger partial charge < -0.3 is 10.2 Å². The van der Waals surface area contributed by atoms with Crippen molar-refractivity contribution in [3.05, 3.63) is 35.9 Å². The zero-order valence-electron chi connectivity index (χ0n) is 13.2. The second-order valence-corrected chi connectivity index (χ2v) is 6.68. The van der Waals surface area contributed by atoms with E-state index in [1.54, 1.807) is 4.90 Å². The molecule has 4 heteroatoms. The van der Waals surface area contributed by atoms with Crippen LogP contribution >= 0.6 is 0 Å². The van der Waals surface area contributed by atoms with Crippen molar-refractivity contribution in [2.24, 2.45) is 5.41 Å². The van der Waals surface area contributed by atoms with E-state index in [-0.39, 0.29) is 23.3 Å². The van der Waals surface area contributed by atoms with E-state index in [1.165, 1.54) is 0 Å². The van der Waals surface area contributed by atoms with Gasteiger partial charge in [0.15, 0.2) is 0 Å². The molecule has 2 rings (SSSR count). The molecule has 1 fully saturated rings. The fraction of sp³-hybridized carbons (Fsp3) is 0.529. The number of benzene rings is 1. The zero-order valence-corrected chi connectivity index (χ0v) is 13.2. The van der Waals surface area contributed by atoms with Crippen LogP contribution < -0.4 is 5.32 Å². The minimum absolute atomic E-state index is 0.0119. The third-order valence-electron chi connectivity index (χ3n) is 3.94. The van der Waals surface area contributed by atoms with Crippen molar-refractivity contribution >= 4 is 11.8 Å². The third kappa shape index (κ3) is 3.26. The molecule has 1 aliphatic heterocycles. The maximum Gasteiger partial charge on any atom is 0.246 e. The molecule has 21 heavy (non-hydrogen) atoms. The van der Waals surface area contributed by atoms with Gasteiger partial charge in [0, 0.05) is 6.54 Å². The average Bonchev–Trinajstić information content (AvgIpc) is 2.42. The van der Waals surface area contributed by atoms with E-state index in [1.807, 2.05) is 58.0 Å². The summed E-state index contributed by atoms with van der Waals surface area (Å²) in [5.41, 5.74) is 0.757. The summed E-state index contributed by atoms with van der Waals surface area (Å²) in [4.78, 5) is 26.9. The zero-order chi connectivity index (χ0) is 15.6. The Bertz CT molecular complexity index is 519. The van der Waals surface area contributed by atoms with Crippen molar-refractivity contribution in [3.8, 4) is 0 Å². The summed E-state index contributed by atoms with van der Waals surface area (Å²) < 4.78 is 0. The summed E-state index contributed by atoms with van der Waals surface area (Å²) in [5.74, 6) is -0.0363. The lowest BCUT2D eigenvalue weighted by molar-refractivity contribution is -0.153. The smallest absolute Gasteiger partial charge is 0.246 e. The van der Waals surface area contributed by atoms with E-state index >= 15 is 0 Å². The number of nitrogens with one attached hydrogen (secondary N) is 1. The largest absolute Gasteiger partial charge is 0.342 e. The van der Waals surface area contributed by atoms with Crippen LogP contribution in [0.1, 0.15) is 39.7 Å². The SMILES string of the molecule is CCC1C(=O)NC(C(C)(C)C)C(=O)N1Cc1ccccc1. The maximum atomic E-state index is 12.8. The van der Waals surface area contributed by atoms with Crippen LogP contribution in [-0.4, -0.2) is 28.8 Å². The molecule has 0 spiro atoms. The first-order valence-corrected chi connectivity index (χ1v) is 7.49. The number of piperazine rings is 1. The topological polar surface area (TPSA) is 49.4 Å². The summed E-state index contributed by atoms with van der Waals surface area (Å²) in [7, 11) is 0. The Morgan fingerprint density at radius 3 is 2.29 bits per heavy atom. The second kappa shape index (κ2) is 5.88. The van der Waals surface area contributed by atoms with Crippen molar-refractivity contribution in [2.45, 2.75) is 52.7 Å². The molecule has 0 aliphatic carbocycles. The molecule has 1 N–H and O–H groups in total. The second-order valence-electron chi connectivity index (χ2n) is 6.68. The molecule has 114 valence electrons. The van der Waals surface area contributed by atoms with Gasteiger partial charge in [-0.05, 0) is 17.4 Å². The number of rotatable bonds is 3. The van der Waals surface area contributed by atoms with Gasteiger partial charge in [0.25, 0.3) is 0 Å². The van der Waals surface area contributed by atoms with Gasteiger partial charge in [-0.1, -0.05) is 58.0 Å². The van der Waals surface area contributed by atoms with E-state index in [4.69, 9.17) is 0 Å². The van der Waals surface area contributed by atoms with Gasteiger partial charge >= 0.3 is 0 Å². The van der Waals surface area contributed by atoms with Crippen LogP contribution in [0.5, 0.6) is 0 Å². The average molecular weight is 288 g/mol. The summed E-state index contributed by atoms with van der Waals surface area (Å²) in [6.45, 7) is 8.35. The molecular weight excluding hydrogens is 264 g/mol. The molecule has 2 atom stereocenters. The summed E-state index contributed by atoms with van der Waals surface area (Å²) in [6, 6.07) is 8.98. The quantitative estimate of drug-likeness (QED) is 0.928. The highest BCUT2D eigenvalue weighted by atomic mass is 16.2. The fourth-order valence-electron chi connectivity index (χ4n) is 2.72. The number of hydrogen-bond donors (Lipinski definition) is 1. The number of carbonyl (C=O) groups is 2. The van der Waals surface area contributed by atoms with Crippen LogP contribution in [0.15, 0.2) is 30.3 Å². The first-order valence-electron chi connectivity index (χ1n) is 7.49. The van der Waals surface area contributed by atoms with Crippen LogP contribution in [-0.2, 0) is 16.1 Å². The standard InChI is InChI=1S/C17H24N2O2/c1-5-13-15(20)18-14(17(2,3)4)16(21)19(13)11-12-9-7-6-8-10-12/h6-10,13-14H,5,11H2,1-4H3,(H,18,20). The lowest BCUT2D eigenvalue weighted by Crippen LogP contribution is -2.66. The van der Waals surface area contributed by atoms with Crippen LogP contribution in [0, 0.1) is 5.41 Å². The molecule has 1 heterocycles. The molecule has 4 nitrogen and oxygen atoms in total. The van der Waals surface area contributed by atoms with Crippen molar-refractivity contribution in [1.29, 1.82) is 0 Å². The van der Waals surface area contributed by atoms with Crippen LogP contribution in [0.3, 0.4) is 0 Å². The summed E-state index contributed by atoms with van der Waals surface area (Å²) in [5, 5.41) is 2.89. The Labute approximate surface area is 126 Å². The Morgan fingerprint density at radius 2 is 1.76 bits per heavy atom. The number of carbonyl (C=O) groups excluding carboxylic acids is 2. The van der Waals surface area contributed by atoms with Crippen molar-refractivity contribution < 1.29 is 9.59 Å². The highest BCUT2D eigenvalue weighted by Crippen LogP contribution is 2.27. The Morgan fingerprint density at radius 1 is 1.14 bits per heavy atom. The number of amides is 2. The van der Waals surface area contributed by atoms with Gasteiger partial charge in [-0.3, -0.25) is 9.59 Å². The van der Waals surface area contributed by atoms with Gasteiger partial charge in [-0.15, -0.1) is 0 Å². The van der Waals surface area contributed by atoms with E-state index in [0.717, 1.165) is 5.56 Å². The minimum Gasteiger partial charge on any atom is -0.342 e. The van der Waals surface area contributed by atoms with E-state index < -0.39 is 6.04 Å². The highest BCUT2D eigenvalue weighted by Gasteiger charge is 2.44. The van der Waals surface area contributed by atoms with Crippen LogP contribution in [0.25, 0.3) is 0 Å². The lowest BCUT2D eigenvalue weighted by Gasteiger charge is -2.43. The molecule has 2 unspecified atom stereocenters. The van der Waals surface area contributed by atoms with Crippen LogP contribution in [0.2, 0.25) is 0 Å². The van der Waals surface area contributed by atoms with Gasteiger partial charge in [-0.2, -0.15) is 0 Å². The predicted molar refractivity (Wildman–Crippen MR) is 82.5 cm³/mol. The van der Waals surface area contributed by atoms with E-state index in [9.17, 15) is 9.59 Å². The summed E-state index contributed by atoms with van der Waals surface area (Å²) >= 11 is 0. The van der Waals surface area contributed by atoms with Gasteiger partial charge in [-0.25, -0.2) is 0 Å². The number of hydrogen-bond acceptors (Lipinski definition) is 2. The predicted octanol–water partition coefficient (Wildman–Crippen LogP) is 2.34. The molecule has 0 radical (unpaired) electrons. The minimum atomic E-state index is -0.462. The molecular formula is C17H24N2O2. The van der Waals surface area contributed by atoms with Crippen molar-refractivity contribution in [2.75, 3.05) is 0 Å². The Balaban J connectivity index is 2.29. The monoisotopic (exact) mass is 288 g/mol. The molecule has 1 aromatic rings. The third-order valence-corrected chi connectivity index (χ3v) is 3.94. The van der Waals surface area contributed by atoms with E-state index in [2.05, 4.69) is 5.32 Å².